The third-order valence-electron chi connectivity index (χ3n) is 5.36. The molecule has 0 saturated carbocycles. The first kappa shape index (κ1) is 21.3. The zero-order chi connectivity index (χ0) is 20.6. The Balaban J connectivity index is 2.79. The van der Waals surface area contributed by atoms with E-state index in [2.05, 4.69) is 55.4 Å². The molecule has 0 heterocycles. The van der Waals surface area contributed by atoms with Gasteiger partial charge in [0, 0.05) is 17.5 Å². The lowest BCUT2D eigenvalue weighted by atomic mass is 9.75. The molecule has 0 amide bonds. The highest BCUT2D eigenvalue weighted by Crippen LogP contribution is 2.41. The van der Waals surface area contributed by atoms with Gasteiger partial charge in [-0.3, -0.25) is 0 Å². The molecule has 2 aromatic rings. The van der Waals surface area contributed by atoms with E-state index in [4.69, 9.17) is 0 Å². The molecule has 0 bridgehead atoms. The molecule has 148 valence electrons. The van der Waals surface area contributed by atoms with Gasteiger partial charge in [0.25, 0.3) is 0 Å². The van der Waals surface area contributed by atoms with E-state index in [0.717, 1.165) is 24.0 Å². The van der Waals surface area contributed by atoms with Crippen LogP contribution in [0, 0.1) is 0 Å². The van der Waals surface area contributed by atoms with Crippen LogP contribution in [0.2, 0.25) is 0 Å². The van der Waals surface area contributed by atoms with Crippen molar-refractivity contribution < 1.29 is 10.2 Å². The first-order chi connectivity index (χ1) is 12.4. The molecule has 0 aromatic heterocycles. The minimum atomic E-state index is -0.0840. The van der Waals surface area contributed by atoms with Gasteiger partial charge in [-0.15, -0.1) is 0 Å². The van der Waals surface area contributed by atoms with Crippen molar-refractivity contribution in [2.75, 3.05) is 0 Å². The maximum Gasteiger partial charge on any atom is 0.119 e. The quantitative estimate of drug-likeness (QED) is 0.655. The number of hydrogen-bond acceptors (Lipinski definition) is 2. The summed E-state index contributed by atoms with van der Waals surface area (Å²) in [6, 6.07) is 7.68. The molecule has 0 saturated heterocycles. The van der Waals surface area contributed by atoms with Gasteiger partial charge in [0.15, 0.2) is 0 Å². The first-order valence-electron chi connectivity index (χ1n) is 10.1. The Hall–Kier alpha value is -1.96. The van der Waals surface area contributed by atoms with Crippen LogP contribution in [-0.4, -0.2) is 10.2 Å². The van der Waals surface area contributed by atoms with Gasteiger partial charge in [0.05, 0.1) is 0 Å². The molecule has 0 fully saturated rings. The largest absolute Gasteiger partial charge is 0.508 e. The molecule has 0 unspecified atom stereocenters. The van der Waals surface area contributed by atoms with Crippen molar-refractivity contribution >= 4 is 0 Å². The minimum absolute atomic E-state index is 0.0840. The van der Waals surface area contributed by atoms with E-state index >= 15 is 0 Å². The Bertz CT molecular complexity index is 748. The van der Waals surface area contributed by atoms with Crippen molar-refractivity contribution in [1.29, 1.82) is 0 Å². The molecule has 0 aliphatic carbocycles. The van der Waals surface area contributed by atoms with Gasteiger partial charge in [0.1, 0.15) is 11.5 Å². The zero-order valence-electron chi connectivity index (χ0n) is 18.3. The van der Waals surface area contributed by atoms with Crippen molar-refractivity contribution in [3.8, 4) is 11.5 Å². The summed E-state index contributed by atoms with van der Waals surface area (Å²) in [7, 11) is 0. The van der Waals surface area contributed by atoms with Crippen LogP contribution in [0.1, 0.15) is 88.8 Å². The monoisotopic (exact) mass is 368 g/mol. The number of benzene rings is 2. The summed E-state index contributed by atoms with van der Waals surface area (Å²) in [6.07, 6.45) is 2.39. The molecule has 2 N–H and O–H groups in total. The molecule has 2 aromatic carbocycles. The maximum absolute atomic E-state index is 10.8. The van der Waals surface area contributed by atoms with Crippen molar-refractivity contribution in [3.63, 3.8) is 0 Å². The van der Waals surface area contributed by atoms with E-state index in [1.54, 1.807) is 12.1 Å². The molecule has 2 heteroatoms. The molecular formula is C25H36O2. The molecule has 0 aliphatic heterocycles. The van der Waals surface area contributed by atoms with Gasteiger partial charge in [-0.2, -0.15) is 0 Å². The van der Waals surface area contributed by atoms with Gasteiger partial charge >= 0.3 is 0 Å². The Morgan fingerprint density at radius 1 is 0.630 bits per heavy atom. The van der Waals surface area contributed by atoms with Crippen LogP contribution in [0.5, 0.6) is 11.5 Å². The van der Waals surface area contributed by atoms with E-state index in [1.165, 1.54) is 22.3 Å². The van der Waals surface area contributed by atoms with Crippen LogP contribution in [-0.2, 0) is 30.1 Å². The second kappa shape index (κ2) is 7.58. The molecule has 0 aliphatic rings. The number of rotatable bonds is 4. The first-order valence-corrected chi connectivity index (χ1v) is 10.1. The molecular weight excluding hydrogens is 332 g/mol. The van der Waals surface area contributed by atoms with E-state index in [9.17, 15) is 10.2 Å². The maximum atomic E-state index is 10.8. The van der Waals surface area contributed by atoms with Gasteiger partial charge < -0.3 is 10.2 Å². The Morgan fingerprint density at radius 3 is 1.22 bits per heavy atom. The fourth-order valence-corrected chi connectivity index (χ4v) is 4.36. The van der Waals surface area contributed by atoms with Crippen LogP contribution in [0.3, 0.4) is 0 Å². The smallest absolute Gasteiger partial charge is 0.119 e. The lowest BCUT2D eigenvalue weighted by Gasteiger charge is -2.30. The number of aryl methyl sites for hydroxylation is 2. The summed E-state index contributed by atoms with van der Waals surface area (Å²) >= 11 is 0. The van der Waals surface area contributed by atoms with Crippen LogP contribution in [0.25, 0.3) is 0 Å². The highest BCUT2D eigenvalue weighted by atomic mass is 16.3. The summed E-state index contributed by atoms with van der Waals surface area (Å²) < 4.78 is 0. The van der Waals surface area contributed by atoms with E-state index in [-0.39, 0.29) is 10.8 Å². The molecule has 0 radical (unpaired) electrons. The van der Waals surface area contributed by atoms with Crippen LogP contribution >= 0.6 is 0 Å². The van der Waals surface area contributed by atoms with Gasteiger partial charge in [-0.05, 0) is 58.1 Å². The Kier molecular flexibility index (Phi) is 5.99. The second-order valence-electron chi connectivity index (χ2n) is 9.58. The van der Waals surface area contributed by atoms with Crippen LogP contribution in [0.4, 0.5) is 0 Å². The van der Waals surface area contributed by atoms with Crippen molar-refractivity contribution in [3.05, 3.63) is 57.6 Å². The highest BCUT2D eigenvalue weighted by Gasteiger charge is 2.28. The zero-order valence-corrected chi connectivity index (χ0v) is 18.3. The fourth-order valence-electron chi connectivity index (χ4n) is 4.36. The predicted molar refractivity (Wildman–Crippen MR) is 115 cm³/mol. The molecule has 0 atom stereocenters. The topological polar surface area (TPSA) is 40.5 Å². The van der Waals surface area contributed by atoms with Gasteiger partial charge in [-0.25, -0.2) is 0 Å². The Labute approximate surface area is 165 Å². The number of phenolic OH excluding ortho intramolecular Hbond substituents is 2. The van der Waals surface area contributed by atoms with Crippen LogP contribution in [0.15, 0.2) is 24.3 Å². The fraction of sp³-hybridized carbons (Fsp3) is 0.520. The normalized spacial score (nSPS) is 12.4. The molecule has 27 heavy (non-hydrogen) atoms. The summed E-state index contributed by atoms with van der Waals surface area (Å²) in [6.45, 7) is 17.5. The van der Waals surface area contributed by atoms with Gasteiger partial charge in [0.2, 0.25) is 0 Å². The van der Waals surface area contributed by atoms with Crippen LogP contribution < -0.4 is 0 Å². The average molecular weight is 369 g/mol. The van der Waals surface area contributed by atoms with Crippen molar-refractivity contribution in [2.24, 2.45) is 0 Å². The Morgan fingerprint density at radius 2 is 0.963 bits per heavy atom. The number of aromatic hydroxyl groups is 2. The standard InChI is InChI=1S/C25H36O2/c1-9-16-11-13-20(26)18(22(16)24(3,4)5)15-19-21(27)14-12-17(10-2)23(19)25(6,7)8/h11-14,26-27H,9-10,15H2,1-8H3. The lowest BCUT2D eigenvalue weighted by Crippen LogP contribution is -2.20. The minimum Gasteiger partial charge on any atom is -0.508 e. The summed E-state index contributed by atoms with van der Waals surface area (Å²) in [5.74, 6) is 0.636. The van der Waals surface area contributed by atoms with E-state index in [1.807, 2.05) is 12.1 Å². The van der Waals surface area contributed by atoms with Gasteiger partial charge in [-0.1, -0.05) is 67.5 Å². The molecule has 2 rings (SSSR count). The van der Waals surface area contributed by atoms with Crippen molar-refractivity contribution in [1.82, 2.24) is 0 Å². The predicted octanol–water partition coefficient (Wildman–Crippen LogP) is 6.41. The molecule has 0 spiro atoms. The summed E-state index contributed by atoms with van der Waals surface area (Å²) in [5.41, 5.74) is 6.64. The van der Waals surface area contributed by atoms with E-state index < -0.39 is 0 Å². The lowest BCUT2D eigenvalue weighted by molar-refractivity contribution is 0.453. The highest BCUT2D eigenvalue weighted by molar-refractivity contribution is 5.55. The summed E-state index contributed by atoms with van der Waals surface area (Å²) in [5, 5.41) is 21.5. The van der Waals surface area contributed by atoms with Crippen molar-refractivity contribution in [2.45, 2.75) is 85.5 Å². The molecule has 2 nitrogen and oxygen atoms in total. The van der Waals surface area contributed by atoms with E-state index in [0.29, 0.717) is 17.9 Å². The number of phenols is 2. The third kappa shape index (κ3) is 4.31. The third-order valence-corrected chi connectivity index (χ3v) is 5.36. The average Bonchev–Trinajstić information content (AvgIpc) is 2.55. The SMILES string of the molecule is CCc1ccc(O)c(Cc2c(O)ccc(CC)c2C(C)(C)C)c1C(C)(C)C. The second-order valence-corrected chi connectivity index (χ2v) is 9.58. The summed E-state index contributed by atoms with van der Waals surface area (Å²) in [4.78, 5) is 0. The number of hydrogen-bond donors (Lipinski definition) is 2.